The Morgan fingerprint density at radius 1 is 1.39 bits per heavy atom. The number of halogens is 2. The van der Waals surface area contributed by atoms with Crippen LogP contribution in [0.2, 0.25) is 5.02 Å². The van der Waals surface area contributed by atoms with Crippen LogP contribution in [0.1, 0.15) is 17.3 Å². The van der Waals surface area contributed by atoms with Crippen molar-refractivity contribution in [3.8, 4) is 0 Å². The molecular formula is C12H14BrClN2O2. The van der Waals surface area contributed by atoms with Crippen LogP contribution in [-0.2, 0) is 4.79 Å². The summed E-state index contributed by atoms with van der Waals surface area (Å²) in [6.45, 7) is 2.31. The Labute approximate surface area is 119 Å². The lowest BCUT2D eigenvalue weighted by atomic mass is 10.2. The van der Waals surface area contributed by atoms with Gasteiger partial charge in [-0.15, -0.1) is 0 Å². The van der Waals surface area contributed by atoms with Crippen molar-refractivity contribution in [2.45, 2.75) is 6.92 Å². The zero-order valence-corrected chi connectivity index (χ0v) is 12.5. The van der Waals surface area contributed by atoms with E-state index in [1.54, 1.807) is 18.2 Å². The number of carbonyl (C=O) groups is 2. The van der Waals surface area contributed by atoms with Gasteiger partial charge >= 0.3 is 0 Å². The molecule has 1 aromatic rings. The van der Waals surface area contributed by atoms with Gasteiger partial charge in [0, 0.05) is 28.7 Å². The molecule has 0 atom stereocenters. The molecule has 0 aliphatic carbocycles. The summed E-state index contributed by atoms with van der Waals surface area (Å²) in [5, 5.41) is 2.97. The minimum atomic E-state index is -0.218. The average Bonchev–Trinajstić information content (AvgIpc) is 2.33. The third kappa shape index (κ3) is 3.99. The molecule has 4 nitrogen and oxygen atoms in total. The highest BCUT2D eigenvalue weighted by Gasteiger charge is 2.17. The number of hydrogen-bond donors (Lipinski definition) is 1. The molecule has 0 saturated carbocycles. The molecule has 6 heteroatoms. The Hall–Kier alpha value is -1.07. The molecule has 0 aliphatic rings. The van der Waals surface area contributed by atoms with Gasteiger partial charge in [0.25, 0.3) is 5.91 Å². The fourth-order valence-corrected chi connectivity index (χ4v) is 2.30. The molecule has 0 heterocycles. The van der Waals surface area contributed by atoms with E-state index in [-0.39, 0.29) is 18.4 Å². The smallest absolute Gasteiger partial charge is 0.254 e. The van der Waals surface area contributed by atoms with Crippen LogP contribution in [0.25, 0.3) is 0 Å². The maximum Gasteiger partial charge on any atom is 0.254 e. The summed E-state index contributed by atoms with van der Waals surface area (Å²) in [6, 6.07) is 4.97. The van der Waals surface area contributed by atoms with Gasteiger partial charge in [0.1, 0.15) is 0 Å². The lowest BCUT2D eigenvalue weighted by molar-refractivity contribution is -0.121. The van der Waals surface area contributed by atoms with Crippen molar-refractivity contribution < 1.29 is 9.59 Å². The molecule has 0 aromatic heterocycles. The van der Waals surface area contributed by atoms with Crippen LogP contribution in [0.3, 0.4) is 0 Å². The fourth-order valence-electron chi connectivity index (χ4n) is 1.44. The number of hydrogen-bond acceptors (Lipinski definition) is 2. The quantitative estimate of drug-likeness (QED) is 0.919. The monoisotopic (exact) mass is 332 g/mol. The zero-order chi connectivity index (χ0) is 13.7. The molecule has 1 rings (SSSR count). The summed E-state index contributed by atoms with van der Waals surface area (Å²) >= 11 is 9.18. The van der Waals surface area contributed by atoms with Gasteiger partial charge in [-0.3, -0.25) is 9.59 Å². The highest BCUT2D eigenvalue weighted by Crippen LogP contribution is 2.20. The molecule has 1 aromatic carbocycles. The van der Waals surface area contributed by atoms with Crippen LogP contribution in [0, 0.1) is 0 Å². The molecule has 2 amide bonds. The Bertz CT molecular complexity index is 445. The first-order valence-corrected chi connectivity index (χ1v) is 6.61. The van der Waals surface area contributed by atoms with Crippen molar-refractivity contribution in [2.24, 2.45) is 0 Å². The standard InChI is InChI=1S/C12H14BrClN2O2/c1-3-16(7-11(17)15-2)12(18)8-4-9(13)6-10(14)5-8/h4-6H,3,7H2,1-2H3,(H,15,17). The first-order chi connectivity index (χ1) is 8.47. The molecule has 0 bridgehead atoms. The van der Waals surface area contributed by atoms with Gasteiger partial charge in [0.15, 0.2) is 0 Å². The van der Waals surface area contributed by atoms with Gasteiger partial charge in [-0.25, -0.2) is 0 Å². The van der Waals surface area contributed by atoms with E-state index in [1.165, 1.54) is 11.9 Å². The maximum atomic E-state index is 12.2. The van der Waals surface area contributed by atoms with Crippen LogP contribution in [0.15, 0.2) is 22.7 Å². The SMILES string of the molecule is CCN(CC(=O)NC)C(=O)c1cc(Cl)cc(Br)c1. The third-order valence-electron chi connectivity index (χ3n) is 2.39. The molecule has 98 valence electrons. The molecule has 1 N–H and O–H groups in total. The second-order valence-electron chi connectivity index (χ2n) is 3.65. The van der Waals surface area contributed by atoms with E-state index in [0.29, 0.717) is 17.1 Å². The van der Waals surface area contributed by atoms with E-state index in [4.69, 9.17) is 11.6 Å². The largest absolute Gasteiger partial charge is 0.358 e. The maximum absolute atomic E-state index is 12.2. The summed E-state index contributed by atoms with van der Waals surface area (Å²) in [5.74, 6) is -0.421. The van der Waals surface area contributed by atoms with Crippen molar-refractivity contribution >= 4 is 39.3 Å². The predicted octanol–water partition coefficient (Wildman–Crippen LogP) is 2.31. The molecule has 0 saturated heterocycles. The van der Waals surface area contributed by atoms with Gasteiger partial charge in [-0.2, -0.15) is 0 Å². The molecule has 0 fully saturated rings. The van der Waals surface area contributed by atoms with Crippen molar-refractivity contribution in [3.05, 3.63) is 33.3 Å². The first kappa shape index (κ1) is 15.0. The number of nitrogens with zero attached hydrogens (tertiary/aromatic N) is 1. The summed E-state index contributed by atoms with van der Waals surface area (Å²) in [6.07, 6.45) is 0. The number of carbonyl (C=O) groups excluding carboxylic acids is 2. The van der Waals surface area contributed by atoms with Gasteiger partial charge in [-0.05, 0) is 25.1 Å². The molecule has 0 unspecified atom stereocenters. The van der Waals surface area contributed by atoms with Crippen molar-refractivity contribution in [1.29, 1.82) is 0 Å². The minimum absolute atomic E-state index is 0.0377. The predicted molar refractivity (Wildman–Crippen MR) is 74.8 cm³/mol. The Balaban J connectivity index is 2.92. The van der Waals surface area contributed by atoms with Crippen LogP contribution in [-0.4, -0.2) is 36.9 Å². The summed E-state index contributed by atoms with van der Waals surface area (Å²) < 4.78 is 0.731. The van der Waals surface area contributed by atoms with Crippen LogP contribution in [0.4, 0.5) is 0 Å². The summed E-state index contributed by atoms with van der Waals surface area (Å²) in [4.78, 5) is 25.0. The summed E-state index contributed by atoms with van der Waals surface area (Å²) in [7, 11) is 1.54. The van der Waals surface area contributed by atoms with E-state index in [9.17, 15) is 9.59 Å². The highest BCUT2D eigenvalue weighted by molar-refractivity contribution is 9.10. The molecular weight excluding hydrogens is 320 g/mol. The van der Waals surface area contributed by atoms with Gasteiger partial charge in [0.2, 0.25) is 5.91 Å². The zero-order valence-electron chi connectivity index (χ0n) is 10.2. The Morgan fingerprint density at radius 3 is 2.56 bits per heavy atom. The normalized spacial score (nSPS) is 10.0. The Morgan fingerprint density at radius 2 is 2.06 bits per heavy atom. The fraction of sp³-hybridized carbons (Fsp3) is 0.333. The first-order valence-electron chi connectivity index (χ1n) is 5.43. The van der Waals surface area contributed by atoms with Crippen LogP contribution >= 0.6 is 27.5 Å². The summed E-state index contributed by atoms with van der Waals surface area (Å²) in [5.41, 5.74) is 0.458. The van der Waals surface area contributed by atoms with Crippen LogP contribution in [0.5, 0.6) is 0 Å². The molecule has 0 aliphatic heterocycles. The van der Waals surface area contributed by atoms with E-state index in [0.717, 1.165) is 4.47 Å². The lowest BCUT2D eigenvalue weighted by Crippen LogP contribution is -2.39. The van der Waals surface area contributed by atoms with E-state index >= 15 is 0 Å². The molecule has 0 spiro atoms. The van der Waals surface area contributed by atoms with Crippen molar-refractivity contribution in [3.63, 3.8) is 0 Å². The number of benzene rings is 1. The second kappa shape index (κ2) is 6.75. The van der Waals surface area contributed by atoms with E-state index in [1.807, 2.05) is 6.92 Å². The topological polar surface area (TPSA) is 49.4 Å². The van der Waals surface area contributed by atoms with Crippen LogP contribution < -0.4 is 5.32 Å². The second-order valence-corrected chi connectivity index (χ2v) is 5.00. The average molecular weight is 334 g/mol. The van der Waals surface area contributed by atoms with Gasteiger partial charge in [-0.1, -0.05) is 27.5 Å². The van der Waals surface area contributed by atoms with E-state index in [2.05, 4.69) is 21.2 Å². The number of amides is 2. The highest BCUT2D eigenvalue weighted by atomic mass is 79.9. The minimum Gasteiger partial charge on any atom is -0.358 e. The van der Waals surface area contributed by atoms with Gasteiger partial charge in [0.05, 0.1) is 6.54 Å². The Kier molecular flexibility index (Phi) is 5.62. The lowest BCUT2D eigenvalue weighted by Gasteiger charge is -2.20. The third-order valence-corrected chi connectivity index (χ3v) is 3.07. The number of nitrogens with one attached hydrogen (secondary N) is 1. The van der Waals surface area contributed by atoms with Crippen molar-refractivity contribution in [2.75, 3.05) is 20.1 Å². The molecule has 0 radical (unpaired) electrons. The number of rotatable bonds is 4. The van der Waals surface area contributed by atoms with E-state index < -0.39 is 0 Å². The van der Waals surface area contributed by atoms with Crippen molar-refractivity contribution in [1.82, 2.24) is 10.2 Å². The molecule has 18 heavy (non-hydrogen) atoms. The van der Waals surface area contributed by atoms with Gasteiger partial charge < -0.3 is 10.2 Å². The number of likely N-dealkylation sites (N-methyl/N-ethyl adjacent to an activating group) is 2.